The van der Waals surface area contributed by atoms with Crippen LogP contribution in [0.25, 0.3) is 11.0 Å². The standard InChI is InChI=1S/C25H22ClN5O6S/c1-38(36,37)25-27-13-16-11-17(24(35)30-21(16)31-25)23(34)29-20-12-15(7-8-18(20)26)22(33)28-19(9-10-32)14-5-3-2-4-6-14/h2-8,11-13,19,32H,9-10H2,1H3,(H,28,33)(H,29,34)(H,27,30,31,35). The van der Waals surface area contributed by atoms with E-state index >= 15 is 0 Å². The average molecular weight is 556 g/mol. The molecule has 2 heterocycles. The minimum atomic E-state index is -3.70. The fourth-order valence-corrected chi connectivity index (χ4v) is 4.32. The summed E-state index contributed by atoms with van der Waals surface area (Å²) in [6.07, 6.45) is 2.41. The number of carbonyl (C=O) groups excluding carboxylic acids is 2. The molecule has 0 saturated carbocycles. The van der Waals surface area contributed by atoms with E-state index in [0.717, 1.165) is 11.8 Å². The molecule has 0 radical (unpaired) electrons. The maximum atomic E-state index is 13.0. The minimum Gasteiger partial charge on any atom is -0.396 e. The van der Waals surface area contributed by atoms with Gasteiger partial charge < -0.3 is 20.7 Å². The molecule has 0 aliphatic heterocycles. The summed E-state index contributed by atoms with van der Waals surface area (Å²) in [4.78, 5) is 48.4. The normalized spacial score (nSPS) is 12.2. The summed E-state index contributed by atoms with van der Waals surface area (Å²) in [7, 11) is -3.70. The Morgan fingerprint density at radius 3 is 2.53 bits per heavy atom. The van der Waals surface area contributed by atoms with Crippen molar-refractivity contribution in [2.45, 2.75) is 17.6 Å². The zero-order chi connectivity index (χ0) is 27.4. The van der Waals surface area contributed by atoms with Crippen molar-refractivity contribution >= 4 is 50.0 Å². The van der Waals surface area contributed by atoms with Gasteiger partial charge in [0.15, 0.2) is 0 Å². The number of aromatic amines is 1. The summed E-state index contributed by atoms with van der Waals surface area (Å²) in [5, 5.41) is 14.7. The van der Waals surface area contributed by atoms with Gasteiger partial charge in [0.25, 0.3) is 17.4 Å². The molecule has 1 atom stereocenters. The predicted molar refractivity (Wildman–Crippen MR) is 141 cm³/mol. The lowest BCUT2D eigenvalue weighted by Gasteiger charge is -2.19. The highest BCUT2D eigenvalue weighted by Gasteiger charge is 2.19. The maximum absolute atomic E-state index is 13.0. The molecule has 4 N–H and O–H groups in total. The first-order chi connectivity index (χ1) is 18.1. The molecular weight excluding hydrogens is 534 g/mol. The highest BCUT2D eigenvalue weighted by atomic mass is 35.5. The SMILES string of the molecule is CS(=O)(=O)c1ncc2cc(C(=O)Nc3cc(C(=O)NC(CCO)c4ccccc4)ccc3Cl)c(=O)[nH]c2n1. The van der Waals surface area contributed by atoms with Crippen LogP contribution in [0, 0.1) is 0 Å². The number of halogens is 1. The van der Waals surface area contributed by atoms with E-state index in [-0.39, 0.29) is 39.5 Å². The fraction of sp³-hybridized carbons (Fsp3) is 0.160. The van der Waals surface area contributed by atoms with Crippen LogP contribution in [0.1, 0.15) is 38.7 Å². The van der Waals surface area contributed by atoms with Gasteiger partial charge in [0.2, 0.25) is 15.0 Å². The molecule has 0 spiro atoms. The number of fused-ring (bicyclic) bond motifs is 1. The zero-order valence-electron chi connectivity index (χ0n) is 19.9. The summed E-state index contributed by atoms with van der Waals surface area (Å²) in [5.41, 5.74) is -0.0576. The number of pyridine rings is 1. The van der Waals surface area contributed by atoms with Crippen LogP contribution >= 0.6 is 11.6 Å². The van der Waals surface area contributed by atoms with Gasteiger partial charge in [-0.1, -0.05) is 41.9 Å². The van der Waals surface area contributed by atoms with Crippen LogP contribution < -0.4 is 16.2 Å². The molecule has 1 unspecified atom stereocenters. The van der Waals surface area contributed by atoms with E-state index in [4.69, 9.17) is 11.6 Å². The topological polar surface area (TPSA) is 171 Å². The van der Waals surface area contributed by atoms with Gasteiger partial charge in [-0.3, -0.25) is 14.4 Å². The molecule has 2 amide bonds. The van der Waals surface area contributed by atoms with Crippen molar-refractivity contribution in [1.29, 1.82) is 0 Å². The first kappa shape index (κ1) is 26.9. The third-order valence-electron chi connectivity index (χ3n) is 5.55. The Labute approximate surface area is 221 Å². The van der Waals surface area contributed by atoms with Gasteiger partial charge in [-0.25, -0.2) is 18.4 Å². The van der Waals surface area contributed by atoms with Crippen LogP contribution in [-0.2, 0) is 9.84 Å². The number of aromatic nitrogens is 3. The molecule has 4 aromatic rings. The van der Waals surface area contributed by atoms with E-state index in [0.29, 0.717) is 6.42 Å². The minimum absolute atomic E-state index is 0.0467. The van der Waals surface area contributed by atoms with Crippen molar-refractivity contribution in [2.24, 2.45) is 0 Å². The van der Waals surface area contributed by atoms with Gasteiger partial charge in [0, 0.05) is 30.0 Å². The number of carbonyl (C=O) groups is 2. The van der Waals surface area contributed by atoms with Gasteiger partial charge >= 0.3 is 0 Å². The number of aliphatic hydroxyl groups excluding tert-OH is 1. The molecular formula is C25H22ClN5O6S. The number of hydrogen-bond donors (Lipinski definition) is 4. The number of anilines is 1. The van der Waals surface area contributed by atoms with Crippen LogP contribution in [0.15, 0.2) is 70.7 Å². The third-order valence-corrected chi connectivity index (χ3v) is 6.74. The van der Waals surface area contributed by atoms with Crippen LogP contribution in [0.5, 0.6) is 0 Å². The maximum Gasteiger partial charge on any atom is 0.262 e. The van der Waals surface area contributed by atoms with Crippen LogP contribution in [0.4, 0.5) is 5.69 Å². The first-order valence-corrected chi connectivity index (χ1v) is 13.5. The van der Waals surface area contributed by atoms with Crippen molar-refractivity contribution in [3.05, 3.63) is 92.9 Å². The Morgan fingerprint density at radius 1 is 1.11 bits per heavy atom. The van der Waals surface area contributed by atoms with E-state index in [1.165, 1.54) is 30.5 Å². The zero-order valence-corrected chi connectivity index (χ0v) is 21.5. The smallest absolute Gasteiger partial charge is 0.262 e. The number of aliphatic hydroxyl groups is 1. The largest absolute Gasteiger partial charge is 0.396 e. The molecule has 4 rings (SSSR count). The monoisotopic (exact) mass is 555 g/mol. The van der Waals surface area contributed by atoms with Gasteiger partial charge in [-0.05, 0) is 36.2 Å². The summed E-state index contributed by atoms with van der Waals surface area (Å²) >= 11 is 6.24. The number of rotatable bonds is 8. The van der Waals surface area contributed by atoms with Crippen LogP contribution in [0.2, 0.25) is 5.02 Å². The van der Waals surface area contributed by atoms with Crippen molar-refractivity contribution in [2.75, 3.05) is 18.2 Å². The van der Waals surface area contributed by atoms with Gasteiger partial charge in [-0.15, -0.1) is 0 Å². The molecule has 0 bridgehead atoms. The molecule has 2 aromatic heterocycles. The van der Waals surface area contributed by atoms with Crippen molar-refractivity contribution in [3.63, 3.8) is 0 Å². The van der Waals surface area contributed by atoms with Crippen LogP contribution in [0.3, 0.4) is 0 Å². The lowest BCUT2D eigenvalue weighted by atomic mass is 10.0. The Balaban J connectivity index is 1.57. The first-order valence-electron chi connectivity index (χ1n) is 11.2. The molecule has 0 saturated heterocycles. The van der Waals surface area contributed by atoms with E-state index < -0.39 is 38.4 Å². The molecule has 2 aromatic carbocycles. The van der Waals surface area contributed by atoms with E-state index in [1.54, 1.807) is 0 Å². The molecule has 38 heavy (non-hydrogen) atoms. The molecule has 13 heteroatoms. The highest BCUT2D eigenvalue weighted by Crippen LogP contribution is 2.25. The van der Waals surface area contributed by atoms with Crippen molar-refractivity contribution < 1.29 is 23.1 Å². The quantitative estimate of drug-likeness (QED) is 0.240. The second-order valence-corrected chi connectivity index (χ2v) is 10.7. The lowest BCUT2D eigenvalue weighted by molar-refractivity contribution is 0.0928. The highest BCUT2D eigenvalue weighted by molar-refractivity contribution is 7.90. The van der Waals surface area contributed by atoms with E-state index in [1.807, 2.05) is 30.3 Å². The van der Waals surface area contributed by atoms with Gasteiger partial charge in [-0.2, -0.15) is 0 Å². The molecule has 11 nitrogen and oxygen atoms in total. The van der Waals surface area contributed by atoms with Gasteiger partial charge in [0.05, 0.1) is 16.8 Å². The number of sulfone groups is 1. The van der Waals surface area contributed by atoms with Crippen molar-refractivity contribution in [3.8, 4) is 0 Å². The number of nitrogens with zero attached hydrogens (tertiary/aromatic N) is 2. The van der Waals surface area contributed by atoms with Gasteiger partial charge in [0.1, 0.15) is 11.2 Å². The molecule has 0 aliphatic carbocycles. The summed E-state index contributed by atoms with van der Waals surface area (Å²) in [6.45, 7) is -0.136. The van der Waals surface area contributed by atoms with Crippen LogP contribution in [-0.4, -0.2) is 53.2 Å². The number of H-pyrrole nitrogens is 1. The van der Waals surface area contributed by atoms with E-state index in [2.05, 4.69) is 25.6 Å². The number of benzene rings is 2. The average Bonchev–Trinajstić information content (AvgIpc) is 2.88. The lowest BCUT2D eigenvalue weighted by Crippen LogP contribution is -2.29. The van der Waals surface area contributed by atoms with E-state index in [9.17, 15) is 27.9 Å². The second kappa shape index (κ2) is 11.1. The summed E-state index contributed by atoms with van der Waals surface area (Å²) in [6, 6.07) is 14.2. The summed E-state index contributed by atoms with van der Waals surface area (Å²) < 4.78 is 23.4. The molecule has 0 aliphatic rings. The molecule has 196 valence electrons. The number of nitrogens with one attached hydrogen (secondary N) is 3. The third kappa shape index (κ3) is 6.05. The van der Waals surface area contributed by atoms with Crippen molar-refractivity contribution in [1.82, 2.24) is 20.3 Å². The Kier molecular flexibility index (Phi) is 7.86. The second-order valence-electron chi connectivity index (χ2n) is 8.34. The summed E-state index contributed by atoms with van der Waals surface area (Å²) in [5.74, 6) is -1.27. The molecule has 0 fully saturated rings. The number of hydrogen-bond acceptors (Lipinski definition) is 8. The number of amides is 2. The fourth-order valence-electron chi connectivity index (χ4n) is 3.65. The Morgan fingerprint density at radius 2 is 1.84 bits per heavy atom. The predicted octanol–water partition coefficient (Wildman–Crippen LogP) is 2.48. The Bertz CT molecular complexity index is 1690. The Hall–Kier alpha value is -4.13.